The van der Waals surface area contributed by atoms with Gasteiger partial charge in [-0.25, -0.2) is 0 Å². The monoisotopic (exact) mass is 291 g/mol. The molecule has 1 heterocycles. The lowest BCUT2D eigenvalue weighted by molar-refractivity contribution is -0.221. The second-order valence-corrected chi connectivity index (χ2v) is 4.65. The highest BCUT2D eigenvalue weighted by atomic mass is 16.6. The highest BCUT2D eigenvalue weighted by Gasteiger charge is 2.30. The van der Waals surface area contributed by atoms with Crippen molar-refractivity contribution in [2.24, 2.45) is 11.5 Å². The summed E-state index contributed by atoms with van der Waals surface area (Å²) in [5, 5.41) is 15.5. The Morgan fingerprint density at radius 2 is 1.85 bits per heavy atom. The molecule has 0 amide bonds. The van der Waals surface area contributed by atoms with Crippen molar-refractivity contribution in [1.82, 2.24) is 0 Å². The summed E-state index contributed by atoms with van der Waals surface area (Å²) in [4.78, 5) is 0. The lowest BCUT2D eigenvalue weighted by Gasteiger charge is -2.34. The number of nitrogens with two attached hydrogens (primary N) is 2. The molecule has 6 N–H and O–H groups in total. The molecule has 7 nitrogen and oxygen atoms in total. The van der Waals surface area contributed by atoms with Crippen molar-refractivity contribution < 1.29 is 19.3 Å². The van der Waals surface area contributed by atoms with Crippen LogP contribution in [0.25, 0.3) is 0 Å². The van der Waals surface area contributed by atoms with Gasteiger partial charge < -0.3 is 30.8 Å². The molecular formula is C13H29N3O4. The molecule has 0 aliphatic carbocycles. The van der Waals surface area contributed by atoms with Crippen molar-refractivity contribution in [3.63, 3.8) is 0 Å². The van der Waals surface area contributed by atoms with Gasteiger partial charge in [0.05, 0.1) is 12.7 Å². The molecule has 1 saturated heterocycles. The molecule has 20 heavy (non-hydrogen) atoms. The fraction of sp³-hybridized carbons (Fsp3) is 0.923. The Bertz CT molecular complexity index is 248. The number of guanidine groups is 1. The topological polar surface area (TPSA) is 124 Å². The highest BCUT2D eigenvalue weighted by Crippen LogP contribution is 2.21. The van der Waals surface area contributed by atoms with E-state index in [1.54, 1.807) is 0 Å². The van der Waals surface area contributed by atoms with Crippen LogP contribution in [0.1, 0.15) is 39.5 Å². The summed E-state index contributed by atoms with van der Waals surface area (Å²) in [6.07, 6.45) is 2.79. The predicted octanol–water partition coefficient (Wildman–Crippen LogP) is 0.544. The summed E-state index contributed by atoms with van der Waals surface area (Å²) in [7, 11) is 0. The zero-order valence-electron chi connectivity index (χ0n) is 12.5. The molecule has 1 rings (SSSR count). The van der Waals surface area contributed by atoms with E-state index in [4.69, 9.17) is 19.6 Å². The molecule has 3 atom stereocenters. The molecule has 1 fully saturated rings. The summed E-state index contributed by atoms with van der Waals surface area (Å²) in [5.41, 5.74) is 8.94. The van der Waals surface area contributed by atoms with Gasteiger partial charge in [-0.3, -0.25) is 5.41 Å². The summed E-state index contributed by atoms with van der Waals surface area (Å²) in [6.45, 7) is 6.15. The normalized spacial score (nSPS) is 25.6. The van der Waals surface area contributed by atoms with Crippen molar-refractivity contribution in [2.75, 3.05) is 19.8 Å². The van der Waals surface area contributed by atoms with E-state index in [0.29, 0.717) is 13.0 Å². The fourth-order valence-electron chi connectivity index (χ4n) is 1.80. The van der Waals surface area contributed by atoms with Crippen LogP contribution in [-0.2, 0) is 14.2 Å². The van der Waals surface area contributed by atoms with E-state index in [1.807, 2.05) is 0 Å². The number of rotatable bonds is 7. The molecule has 1 aliphatic rings. The van der Waals surface area contributed by atoms with Crippen molar-refractivity contribution in [2.45, 2.75) is 58.0 Å². The molecule has 0 radical (unpaired) electrons. The van der Waals surface area contributed by atoms with Crippen LogP contribution in [0.5, 0.6) is 0 Å². The fourth-order valence-corrected chi connectivity index (χ4v) is 1.80. The van der Waals surface area contributed by atoms with Crippen molar-refractivity contribution in [1.29, 1.82) is 5.41 Å². The van der Waals surface area contributed by atoms with Crippen molar-refractivity contribution in [3.05, 3.63) is 0 Å². The molecule has 0 saturated carbocycles. The SMILES string of the molecule is CCCOCC1OC(O)CCC1OCCC.N=C(N)N. The van der Waals surface area contributed by atoms with Gasteiger partial charge in [-0.1, -0.05) is 13.8 Å². The first-order valence-electron chi connectivity index (χ1n) is 7.13. The second kappa shape index (κ2) is 11.9. The molecule has 120 valence electrons. The highest BCUT2D eigenvalue weighted by molar-refractivity contribution is 5.71. The first kappa shape index (κ1) is 19.1. The first-order chi connectivity index (χ1) is 9.51. The van der Waals surface area contributed by atoms with Crippen LogP contribution in [-0.4, -0.2) is 49.4 Å². The number of ether oxygens (including phenoxy) is 3. The lowest BCUT2D eigenvalue weighted by atomic mass is 10.1. The van der Waals surface area contributed by atoms with E-state index < -0.39 is 6.29 Å². The van der Waals surface area contributed by atoms with E-state index in [9.17, 15) is 5.11 Å². The number of hydrogen-bond acceptors (Lipinski definition) is 5. The van der Waals surface area contributed by atoms with Crippen LogP contribution in [0.4, 0.5) is 0 Å². The third-order valence-electron chi connectivity index (χ3n) is 2.61. The van der Waals surface area contributed by atoms with Crippen molar-refractivity contribution in [3.8, 4) is 0 Å². The standard InChI is InChI=1S/C12H24O4.CH5N3/c1-3-7-14-9-11-10(15-8-4-2)5-6-12(13)16-11;2-1(3)4/h10-13H,3-9H2,1-2H3;(H5,2,3,4). The quantitative estimate of drug-likeness (QED) is 0.308. The zero-order chi connectivity index (χ0) is 15.4. The summed E-state index contributed by atoms with van der Waals surface area (Å²) in [6, 6.07) is 0. The van der Waals surface area contributed by atoms with Gasteiger partial charge in [-0.05, 0) is 19.3 Å². The largest absolute Gasteiger partial charge is 0.379 e. The third-order valence-corrected chi connectivity index (χ3v) is 2.61. The van der Waals surface area contributed by atoms with Crippen LogP contribution < -0.4 is 11.5 Å². The maximum atomic E-state index is 9.45. The van der Waals surface area contributed by atoms with Gasteiger partial charge in [0.25, 0.3) is 0 Å². The number of aliphatic hydroxyl groups is 1. The average molecular weight is 291 g/mol. The van der Waals surface area contributed by atoms with Gasteiger partial charge in [-0.15, -0.1) is 0 Å². The molecule has 0 aromatic carbocycles. The predicted molar refractivity (Wildman–Crippen MR) is 77.4 cm³/mol. The van der Waals surface area contributed by atoms with Crippen LogP contribution in [0, 0.1) is 5.41 Å². The van der Waals surface area contributed by atoms with Gasteiger partial charge in [0.1, 0.15) is 6.10 Å². The number of hydrogen-bond donors (Lipinski definition) is 4. The van der Waals surface area contributed by atoms with E-state index in [0.717, 1.165) is 32.5 Å². The Balaban J connectivity index is 0.000000796. The molecule has 1 aliphatic heterocycles. The van der Waals surface area contributed by atoms with Crippen molar-refractivity contribution >= 4 is 5.96 Å². The van der Waals surface area contributed by atoms with Gasteiger partial charge in [0.15, 0.2) is 12.2 Å². The van der Waals surface area contributed by atoms with E-state index >= 15 is 0 Å². The van der Waals surface area contributed by atoms with Gasteiger partial charge in [-0.2, -0.15) is 0 Å². The number of nitrogens with one attached hydrogen (secondary N) is 1. The molecular weight excluding hydrogens is 262 g/mol. The zero-order valence-corrected chi connectivity index (χ0v) is 12.5. The first-order valence-corrected chi connectivity index (χ1v) is 7.13. The van der Waals surface area contributed by atoms with E-state index in [-0.39, 0.29) is 18.2 Å². The van der Waals surface area contributed by atoms with Gasteiger partial charge in [0.2, 0.25) is 0 Å². The number of aliphatic hydroxyl groups excluding tert-OH is 1. The lowest BCUT2D eigenvalue weighted by Crippen LogP contribution is -2.43. The molecule has 0 aromatic heterocycles. The Labute approximate surface area is 121 Å². The molecule has 0 aromatic rings. The summed E-state index contributed by atoms with van der Waals surface area (Å²) < 4.78 is 16.6. The van der Waals surface area contributed by atoms with Crippen LogP contribution in [0.3, 0.4) is 0 Å². The summed E-state index contributed by atoms with van der Waals surface area (Å²) >= 11 is 0. The summed E-state index contributed by atoms with van der Waals surface area (Å²) in [5.74, 6) is -0.333. The molecule has 3 unspecified atom stereocenters. The molecule has 7 heteroatoms. The van der Waals surface area contributed by atoms with E-state index in [1.165, 1.54) is 0 Å². The van der Waals surface area contributed by atoms with Crippen LogP contribution >= 0.6 is 0 Å². The average Bonchev–Trinajstić information content (AvgIpc) is 2.37. The Morgan fingerprint density at radius 3 is 2.40 bits per heavy atom. The smallest absolute Gasteiger partial charge is 0.183 e. The Kier molecular flexibility index (Phi) is 11.4. The molecule has 0 spiro atoms. The minimum atomic E-state index is -0.656. The third kappa shape index (κ3) is 9.96. The minimum absolute atomic E-state index is 0.0696. The molecule has 0 bridgehead atoms. The maximum absolute atomic E-state index is 9.45. The van der Waals surface area contributed by atoms with Gasteiger partial charge in [0, 0.05) is 19.6 Å². The Morgan fingerprint density at radius 1 is 1.25 bits per heavy atom. The van der Waals surface area contributed by atoms with E-state index in [2.05, 4.69) is 25.3 Å². The second-order valence-electron chi connectivity index (χ2n) is 4.65. The van der Waals surface area contributed by atoms with Crippen LogP contribution in [0.15, 0.2) is 0 Å². The maximum Gasteiger partial charge on any atom is 0.183 e. The minimum Gasteiger partial charge on any atom is -0.379 e. The van der Waals surface area contributed by atoms with Gasteiger partial charge >= 0.3 is 0 Å². The Hall–Kier alpha value is -0.890. The van der Waals surface area contributed by atoms with Crippen LogP contribution in [0.2, 0.25) is 0 Å².